The number of rotatable bonds is 17. The van der Waals surface area contributed by atoms with Gasteiger partial charge in [-0.15, -0.1) is 0 Å². The van der Waals surface area contributed by atoms with Crippen LogP contribution in [-0.4, -0.2) is 147 Å². The number of hydrogen-bond acceptors (Lipinski definition) is 14. The highest BCUT2D eigenvalue weighted by molar-refractivity contribution is 8.76. The van der Waals surface area contributed by atoms with Gasteiger partial charge in [-0.1, -0.05) is 100 Å². The third kappa shape index (κ3) is 17.1. The summed E-state index contributed by atoms with van der Waals surface area (Å²) in [5.74, 6) is -7.33. The quantitative estimate of drug-likeness (QED) is 0.0455. The third-order valence-corrected chi connectivity index (χ3v) is 14.0. The lowest BCUT2D eigenvalue weighted by atomic mass is 10.0. The van der Waals surface area contributed by atoms with Gasteiger partial charge in [0.1, 0.15) is 36.3 Å². The van der Waals surface area contributed by atoms with Gasteiger partial charge in [0.05, 0.1) is 37.8 Å². The number of carbonyl (C=O) groups excluding carboxylic acids is 7. The Kier molecular flexibility index (Phi) is 19.3. The third-order valence-electron chi connectivity index (χ3n) is 11.5. The molecule has 4 aromatic rings. The van der Waals surface area contributed by atoms with Gasteiger partial charge < -0.3 is 69.0 Å². The van der Waals surface area contributed by atoms with Crippen LogP contribution in [0, 0.1) is 0 Å². The largest absolute Gasteiger partial charge is 0.394 e. The Bertz CT molecular complexity index is 2660. The molecule has 0 bridgehead atoms. The standard InChI is InChI=1S/C49H66N10O10S2/c1-28(61)39(25-60)56-48(68)41-27-71-70-26-40(57-43(63)34(51)21-30-13-5-3-6-14-30)47(67)54-37(22-31-15-7-4-8-16-31)45(65)55-38(23-32-24-52-35-18-10-9-17-33(32)35)46(66)53-36(19-11-12-20-50)44(64)59-42(29(2)62)49(69)58-41/h3-10,13-18,24,28-29,34,36-42,52,60-62H,11-12,19-23,25-27,50-51H2,1-2H3,(H,53,66)(H,54,67)(H,55,65)(H,56,68)(H,57,63)(H,58,69)(H,59,64)/t28-,29-,34-,36+,37+,38-,39?,40?,41-,42?/m1/s1/i4D,7D,8D,15D,16D. The van der Waals surface area contributed by atoms with Crippen LogP contribution in [0.4, 0.5) is 0 Å². The maximum atomic E-state index is 14.9. The van der Waals surface area contributed by atoms with Crippen LogP contribution in [0.3, 0.4) is 0 Å². The van der Waals surface area contributed by atoms with Crippen LogP contribution >= 0.6 is 21.6 Å². The summed E-state index contributed by atoms with van der Waals surface area (Å²) in [7, 11) is 1.84. The van der Waals surface area contributed by atoms with Crippen molar-refractivity contribution in [2.24, 2.45) is 11.5 Å². The molecule has 0 spiro atoms. The molecule has 1 saturated heterocycles. The van der Waals surface area contributed by atoms with E-state index in [0.29, 0.717) is 28.5 Å². The number of fused-ring (bicyclic) bond motifs is 1. The predicted octanol–water partition coefficient (Wildman–Crippen LogP) is -0.805. The number of aromatic amines is 1. The molecule has 1 aliphatic rings. The van der Waals surface area contributed by atoms with Crippen LogP contribution in [0.5, 0.6) is 0 Å². The van der Waals surface area contributed by atoms with E-state index >= 15 is 0 Å². The number of nitrogens with two attached hydrogens (primary N) is 2. The topological polar surface area (TPSA) is 332 Å². The van der Waals surface area contributed by atoms with Crippen molar-refractivity contribution in [1.82, 2.24) is 42.2 Å². The maximum Gasteiger partial charge on any atom is 0.245 e. The molecular formula is C49H66N10O10S2. The summed E-state index contributed by atoms with van der Waals surface area (Å²) in [5.41, 5.74) is 13.6. The Balaban J connectivity index is 1.64. The van der Waals surface area contributed by atoms with Gasteiger partial charge in [0.25, 0.3) is 0 Å². The predicted molar refractivity (Wildman–Crippen MR) is 272 cm³/mol. The molecule has 71 heavy (non-hydrogen) atoms. The zero-order chi connectivity index (χ0) is 55.8. The summed E-state index contributed by atoms with van der Waals surface area (Å²) < 4.78 is 42.3. The van der Waals surface area contributed by atoms with E-state index in [1.165, 1.54) is 13.8 Å². The molecule has 1 aliphatic heterocycles. The van der Waals surface area contributed by atoms with Crippen LogP contribution in [0.1, 0.15) is 56.7 Å². The Labute approximate surface area is 427 Å². The molecule has 20 nitrogen and oxygen atoms in total. The number of benzene rings is 3. The molecule has 10 atom stereocenters. The number of aromatic nitrogens is 1. The second-order valence-electron chi connectivity index (χ2n) is 17.1. The van der Waals surface area contributed by atoms with E-state index in [1.54, 1.807) is 60.8 Å². The molecule has 2 heterocycles. The van der Waals surface area contributed by atoms with Crippen LogP contribution in [-0.2, 0) is 52.8 Å². The van der Waals surface area contributed by atoms with Gasteiger partial charge in [-0.25, -0.2) is 0 Å². The fourth-order valence-electron chi connectivity index (χ4n) is 7.46. The summed E-state index contributed by atoms with van der Waals surface area (Å²) >= 11 is 0. The van der Waals surface area contributed by atoms with E-state index in [9.17, 15) is 48.9 Å². The summed E-state index contributed by atoms with van der Waals surface area (Å²) in [4.78, 5) is 103. The van der Waals surface area contributed by atoms with Gasteiger partial charge in [0, 0.05) is 41.4 Å². The minimum absolute atomic E-state index is 0.0445. The summed E-state index contributed by atoms with van der Waals surface area (Å²) in [5, 5.41) is 49.7. The Morgan fingerprint density at radius 3 is 2.08 bits per heavy atom. The van der Waals surface area contributed by atoms with E-state index in [2.05, 4.69) is 42.2 Å². The fraction of sp³-hybridized carbons (Fsp3) is 0.449. The van der Waals surface area contributed by atoms with Crippen molar-refractivity contribution in [3.8, 4) is 0 Å². The molecule has 0 saturated carbocycles. The Morgan fingerprint density at radius 1 is 0.775 bits per heavy atom. The number of aliphatic hydroxyl groups excluding tert-OH is 3. The number of para-hydroxylation sites is 1. The zero-order valence-electron chi connectivity index (χ0n) is 44.3. The molecule has 384 valence electrons. The highest BCUT2D eigenvalue weighted by Gasteiger charge is 2.36. The van der Waals surface area contributed by atoms with Crippen LogP contribution in [0.25, 0.3) is 10.9 Å². The van der Waals surface area contributed by atoms with Crippen molar-refractivity contribution in [2.75, 3.05) is 24.7 Å². The number of H-pyrrole nitrogens is 1. The van der Waals surface area contributed by atoms with Gasteiger partial charge in [-0.05, 0) is 68.8 Å². The van der Waals surface area contributed by atoms with Crippen molar-refractivity contribution < 1.29 is 55.7 Å². The van der Waals surface area contributed by atoms with Crippen LogP contribution in [0.2, 0.25) is 0 Å². The molecule has 1 fully saturated rings. The van der Waals surface area contributed by atoms with E-state index in [4.69, 9.17) is 18.3 Å². The minimum atomic E-state index is -1.82. The van der Waals surface area contributed by atoms with E-state index < -0.39 is 145 Å². The van der Waals surface area contributed by atoms with Gasteiger partial charge in [-0.2, -0.15) is 0 Å². The number of carbonyl (C=O) groups is 7. The molecule has 3 unspecified atom stereocenters. The van der Waals surface area contributed by atoms with E-state index in [-0.39, 0.29) is 49.3 Å². The van der Waals surface area contributed by atoms with Crippen molar-refractivity contribution in [2.45, 2.75) is 113 Å². The SMILES string of the molecule is [2H]c1c([2H])c([2H])c(C[C@@H]2NC(=O)C(NC(=O)[C@H](N)Cc3ccccc3)CSSC[C@H](C(=O)NC(CO)[C@@H](C)O)NC(=O)C([C@@H](C)O)NC(=O)[C@H](CCCCN)NC(=O)[C@@H](Cc3c[nH]c4ccccc34)NC2=O)c([2H])c1[2H]. The molecule has 15 N–H and O–H groups in total. The van der Waals surface area contributed by atoms with Crippen molar-refractivity contribution in [1.29, 1.82) is 0 Å². The average molecular weight is 1020 g/mol. The normalized spacial score (nSPS) is 23.8. The first kappa shape index (κ1) is 48.6. The van der Waals surface area contributed by atoms with E-state index in [1.807, 2.05) is 0 Å². The van der Waals surface area contributed by atoms with Gasteiger partial charge >= 0.3 is 0 Å². The van der Waals surface area contributed by atoms with Gasteiger partial charge in [0.2, 0.25) is 41.4 Å². The van der Waals surface area contributed by atoms with Crippen molar-refractivity contribution in [3.63, 3.8) is 0 Å². The minimum Gasteiger partial charge on any atom is -0.394 e. The molecule has 22 heteroatoms. The average Bonchev–Trinajstić information content (AvgIpc) is 3.81. The number of unbranched alkanes of at least 4 members (excludes halogenated alkanes) is 1. The number of nitrogens with one attached hydrogen (secondary N) is 8. The number of aliphatic hydroxyl groups is 3. The van der Waals surface area contributed by atoms with Crippen molar-refractivity contribution >= 4 is 73.8 Å². The Morgan fingerprint density at radius 2 is 1.41 bits per heavy atom. The second kappa shape index (κ2) is 28.1. The summed E-state index contributed by atoms with van der Waals surface area (Å²) in [6, 6.07) is 0.291. The first-order valence-electron chi connectivity index (χ1n) is 25.6. The molecule has 1 aromatic heterocycles. The highest BCUT2D eigenvalue weighted by atomic mass is 33.1. The summed E-state index contributed by atoms with van der Waals surface area (Å²) in [6.45, 7) is 2.03. The molecule has 7 amide bonds. The lowest BCUT2D eigenvalue weighted by Gasteiger charge is -2.29. The molecule has 0 aliphatic carbocycles. The molecule has 5 rings (SSSR count). The van der Waals surface area contributed by atoms with Crippen LogP contribution in [0.15, 0.2) is 91.0 Å². The molecule has 0 radical (unpaired) electrons. The van der Waals surface area contributed by atoms with Crippen molar-refractivity contribution in [3.05, 3.63) is 108 Å². The molecule has 3 aromatic carbocycles. The zero-order valence-corrected chi connectivity index (χ0v) is 40.9. The van der Waals surface area contributed by atoms with Crippen LogP contribution < -0.4 is 48.7 Å². The van der Waals surface area contributed by atoms with Gasteiger partial charge in [0.15, 0.2) is 0 Å². The first-order chi connectivity index (χ1) is 36.1. The lowest BCUT2D eigenvalue weighted by Crippen LogP contribution is -2.62. The summed E-state index contributed by atoms with van der Waals surface area (Å²) in [6.07, 6.45) is -1.56. The monoisotopic (exact) mass is 1020 g/mol. The molecular weight excluding hydrogens is 953 g/mol. The number of amides is 7. The smallest absolute Gasteiger partial charge is 0.245 e. The fourth-order valence-corrected chi connectivity index (χ4v) is 9.79. The first-order valence-corrected chi connectivity index (χ1v) is 25.6. The lowest BCUT2D eigenvalue weighted by molar-refractivity contribution is -0.136. The second-order valence-corrected chi connectivity index (χ2v) is 19.6. The van der Waals surface area contributed by atoms with E-state index in [0.717, 1.165) is 21.6 Å². The highest BCUT2D eigenvalue weighted by Crippen LogP contribution is 2.24. The Hall–Kier alpha value is -6.01. The number of hydrogen-bond donors (Lipinski definition) is 13. The van der Waals surface area contributed by atoms with Gasteiger partial charge in [-0.3, -0.25) is 33.6 Å². The maximum absolute atomic E-state index is 14.9.